The number of hydrogen-bond acceptors (Lipinski definition) is 7. The first kappa shape index (κ1) is 29.7. The summed E-state index contributed by atoms with van der Waals surface area (Å²) in [6.45, 7) is 18.3. The largest absolute Gasteiger partial charge is 0.412 e. The van der Waals surface area contributed by atoms with Crippen molar-refractivity contribution in [2.24, 2.45) is 38.9 Å². The monoisotopic (exact) mass is 562 g/mol. The zero-order chi connectivity index (χ0) is 28.1. The van der Waals surface area contributed by atoms with Gasteiger partial charge in [0.05, 0.1) is 12.3 Å². The molecule has 3 fully saturated rings. The van der Waals surface area contributed by atoms with Gasteiger partial charge in [-0.25, -0.2) is 0 Å². The van der Waals surface area contributed by atoms with Gasteiger partial charge in [-0.1, -0.05) is 29.7 Å². The summed E-state index contributed by atoms with van der Waals surface area (Å²) in [4.78, 5) is 24.9. The molecule has 0 aliphatic heterocycles. The molecular formula is C29H50N2O5Si2. The van der Waals surface area contributed by atoms with E-state index in [-0.39, 0.29) is 16.7 Å². The minimum absolute atomic E-state index is 0.0494. The molecule has 6 unspecified atom stereocenters. The van der Waals surface area contributed by atoms with Crippen molar-refractivity contribution in [2.45, 2.75) is 104 Å². The average molecular weight is 563 g/mol. The number of Topliss-reactive ketones (excluding diaryl/α,β-unsaturated/α-hetero) is 1. The standard InChI is InChI=1S/C29H50N2O5Si2/c1-27-15-13-21(30-33-3)17-20(27)11-12-22-23-14-16-29(36-38(8,9)10,28(23,2)18-24(32)26(22)27)25(31-34-4)19-35-37(5,6)7/h17,22-23,26H,11-16,18-19H2,1-10H3/b30-21+,31-25+. The maximum atomic E-state index is 14.4. The molecule has 4 rings (SSSR count). The van der Waals surface area contributed by atoms with Crippen molar-refractivity contribution in [1.82, 2.24) is 0 Å². The first-order valence-electron chi connectivity index (χ1n) is 14.4. The van der Waals surface area contributed by atoms with Crippen LogP contribution in [0.1, 0.15) is 58.8 Å². The molecule has 0 aromatic heterocycles. The Hall–Kier alpha value is -1.30. The van der Waals surface area contributed by atoms with Gasteiger partial charge in [0.25, 0.3) is 0 Å². The molecule has 0 aromatic carbocycles. The topological polar surface area (TPSA) is 78.7 Å². The average Bonchev–Trinajstić information content (AvgIpc) is 3.07. The summed E-state index contributed by atoms with van der Waals surface area (Å²) < 4.78 is 13.6. The Morgan fingerprint density at radius 1 is 1.00 bits per heavy atom. The highest BCUT2D eigenvalue weighted by atomic mass is 28.4. The summed E-state index contributed by atoms with van der Waals surface area (Å²) in [7, 11) is -0.641. The van der Waals surface area contributed by atoms with Crippen LogP contribution < -0.4 is 0 Å². The Balaban J connectivity index is 1.76. The van der Waals surface area contributed by atoms with E-state index in [1.54, 1.807) is 14.2 Å². The van der Waals surface area contributed by atoms with Gasteiger partial charge in [-0.3, -0.25) is 4.79 Å². The third kappa shape index (κ3) is 5.13. The molecule has 9 heteroatoms. The van der Waals surface area contributed by atoms with Gasteiger partial charge in [0.2, 0.25) is 0 Å². The van der Waals surface area contributed by atoms with Crippen LogP contribution in [-0.4, -0.2) is 60.3 Å². The first-order chi connectivity index (χ1) is 17.6. The molecule has 7 nitrogen and oxygen atoms in total. The minimum Gasteiger partial charge on any atom is -0.412 e. The fraction of sp³-hybridized carbons (Fsp3) is 0.828. The molecule has 0 N–H and O–H groups in total. The van der Waals surface area contributed by atoms with E-state index in [2.05, 4.69) is 69.5 Å². The molecule has 0 aromatic rings. The summed E-state index contributed by atoms with van der Waals surface area (Å²) in [5, 5.41) is 8.83. The van der Waals surface area contributed by atoms with Crippen molar-refractivity contribution in [3.63, 3.8) is 0 Å². The molecule has 0 heterocycles. The lowest BCUT2D eigenvalue weighted by atomic mass is 9.46. The zero-order valence-electron chi connectivity index (χ0n) is 25.4. The third-order valence-electron chi connectivity index (χ3n) is 9.79. The number of allylic oxidation sites excluding steroid dienone is 2. The second-order valence-electron chi connectivity index (χ2n) is 14.4. The highest BCUT2D eigenvalue weighted by molar-refractivity contribution is 6.70. The molecule has 0 amide bonds. The molecule has 0 radical (unpaired) electrons. The van der Waals surface area contributed by atoms with Gasteiger partial charge in [-0.15, -0.1) is 0 Å². The fourth-order valence-corrected chi connectivity index (χ4v) is 10.5. The molecule has 6 atom stereocenters. The highest BCUT2D eigenvalue weighted by Gasteiger charge is 2.69. The second kappa shape index (κ2) is 10.3. The van der Waals surface area contributed by atoms with Crippen LogP contribution in [0.2, 0.25) is 39.3 Å². The van der Waals surface area contributed by atoms with E-state index < -0.39 is 22.2 Å². The molecule has 0 saturated heterocycles. The van der Waals surface area contributed by atoms with E-state index in [1.165, 1.54) is 5.57 Å². The van der Waals surface area contributed by atoms with Gasteiger partial charge in [-0.2, -0.15) is 0 Å². The highest BCUT2D eigenvalue weighted by Crippen LogP contribution is 2.68. The Morgan fingerprint density at radius 2 is 1.71 bits per heavy atom. The van der Waals surface area contributed by atoms with E-state index in [0.29, 0.717) is 30.6 Å². The second-order valence-corrected chi connectivity index (χ2v) is 23.3. The quantitative estimate of drug-likeness (QED) is 0.190. The molecule has 3 saturated carbocycles. The molecule has 214 valence electrons. The summed E-state index contributed by atoms with van der Waals surface area (Å²) in [6, 6.07) is 0. The number of hydrogen-bond donors (Lipinski definition) is 0. The SMILES string of the molecule is CO/N=C1/C=C2CCC3C(C(=O)CC4(C)C3CCC4(O[Si](C)(C)C)/C(CO[Si](C)(C)C)=N/OC)C2(C)CC1. The van der Waals surface area contributed by atoms with Crippen molar-refractivity contribution in [3.05, 3.63) is 11.6 Å². The van der Waals surface area contributed by atoms with Crippen LogP contribution in [0.15, 0.2) is 22.0 Å². The first-order valence-corrected chi connectivity index (χ1v) is 21.2. The van der Waals surface area contributed by atoms with Gasteiger partial charge in [0, 0.05) is 17.8 Å². The lowest BCUT2D eigenvalue weighted by molar-refractivity contribution is -0.150. The summed E-state index contributed by atoms with van der Waals surface area (Å²) in [5.74, 6) is 1.18. The van der Waals surface area contributed by atoms with Crippen molar-refractivity contribution >= 4 is 33.8 Å². The Labute approximate surface area is 232 Å². The van der Waals surface area contributed by atoms with Crippen molar-refractivity contribution in [2.75, 3.05) is 20.8 Å². The number of nitrogens with zero attached hydrogens (tertiary/aromatic N) is 2. The predicted molar refractivity (Wildman–Crippen MR) is 157 cm³/mol. The molecule has 0 spiro atoms. The van der Waals surface area contributed by atoms with E-state index in [4.69, 9.17) is 18.5 Å². The van der Waals surface area contributed by atoms with E-state index in [0.717, 1.165) is 49.9 Å². The maximum absolute atomic E-state index is 14.4. The maximum Gasteiger partial charge on any atom is 0.185 e. The number of carbonyl (C=O) groups is 1. The van der Waals surface area contributed by atoms with Gasteiger partial charge in [0.15, 0.2) is 16.6 Å². The Bertz CT molecular complexity index is 1030. The van der Waals surface area contributed by atoms with Crippen LogP contribution in [0.5, 0.6) is 0 Å². The smallest absolute Gasteiger partial charge is 0.185 e. The Kier molecular flexibility index (Phi) is 8.02. The van der Waals surface area contributed by atoms with Crippen LogP contribution >= 0.6 is 0 Å². The lowest BCUT2D eigenvalue weighted by Crippen LogP contribution is -2.64. The van der Waals surface area contributed by atoms with E-state index >= 15 is 0 Å². The van der Waals surface area contributed by atoms with Crippen LogP contribution in [0.3, 0.4) is 0 Å². The number of fused-ring (bicyclic) bond motifs is 5. The number of ketones is 1. The van der Waals surface area contributed by atoms with E-state index in [1.807, 2.05) is 0 Å². The minimum atomic E-state index is -2.03. The Morgan fingerprint density at radius 3 is 2.32 bits per heavy atom. The van der Waals surface area contributed by atoms with Gasteiger partial charge >= 0.3 is 0 Å². The summed E-state index contributed by atoms with van der Waals surface area (Å²) >= 11 is 0. The molecule has 4 aliphatic rings. The third-order valence-corrected chi connectivity index (χ3v) is 11.8. The molecule has 38 heavy (non-hydrogen) atoms. The normalized spacial score (nSPS) is 38.8. The predicted octanol–water partition coefficient (Wildman–Crippen LogP) is 6.57. The van der Waals surface area contributed by atoms with Crippen LogP contribution in [0.4, 0.5) is 0 Å². The fourth-order valence-electron chi connectivity index (χ4n) is 8.41. The number of rotatable bonds is 8. The van der Waals surface area contributed by atoms with Gasteiger partial charge in [0.1, 0.15) is 31.3 Å². The van der Waals surface area contributed by atoms with Crippen LogP contribution in [-0.2, 0) is 23.3 Å². The molecule has 4 aliphatic carbocycles. The summed E-state index contributed by atoms with van der Waals surface area (Å²) in [5.41, 5.74) is 2.11. The number of oxime groups is 2. The van der Waals surface area contributed by atoms with Gasteiger partial charge in [-0.05, 0) is 101 Å². The van der Waals surface area contributed by atoms with Crippen LogP contribution in [0, 0.1) is 28.6 Å². The zero-order valence-corrected chi connectivity index (χ0v) is 27.4. The van der Waals surface area contributed by atoms with Gasteiger partial charge < -0.3 is 18.5 Å². The number of carbonyl (C=O) groups excluding carboxylic acids is 1. The molecular weight excluding hydrogens is 513 g/mol. The molecule has 0 bridgehead atoms. The lowest BCUT2D eigenvalue weighted by Gasteiger charge is -2.59. The van der Waals surface area contributed by atoms with Crippen molar-refractivity contribution in [3.8, 4) is 0 Å². The van der Waals surface area contributed by atoms with Crippen LogP contribution in [0.25, 0.3) is 0 Å². The van der Waals surface area contributed by atoms with Crippen molar-refractivity contribution in [1.29, 1.82) is 0 Å². The van der Waals surface area contributed by atoms with Crippen molar-refractivity contribution < 1.29 is 23.3 Å². The summed E-state index contributed by atoms with van der Waals surface area (Å²) in [6.07, 6.45) is 8.48. The van der Waals surface area contributed by atoms with E-state index in [9.17, 15) is 4.79 Å².